The summed E-state index contributed by atoms with van der Waals surface area (Å²) in [5, 5.41) is 18.8. The molecule has 1 saturated heterocycles. The van der Waals surface area contributed by atoms with Crippen LogP contribution in [0.15, 0.2) is 42.5 Å². The summed E-state index contributed by atoms with van der Waals surface area (Å²) in [6, 6.07) is 12.1. The van der Waals surface area contributed by atoms with E-state index in [0.29, 0.717) is 17.3 Å². The average Bonchev–Trinajstić information content (AvgIpc) is 3.04. The lowest BCUT2D eigenvalue weighted by molar-refractivity contribution is 0.0867. The number of nitrogens with one attached hydrogen (secondary N) is 1. The van der Waals surface area contributed by atoms with Gasteiger partial charge < -0.3 is 19.3 Å². The van der Waals surface area contributed by atoms with Crippen molar-refractivity contribution in [2.24, 2.45) is 5.92 Å². The van der Waals surface area contributed by atoms with E-state index in [9.17, 15) is 9.50 Å². The van der Waals surface area contributed by atoms with Gasteiger partial charge in [-0.2, -0.15) is 0 Å². The number of halogens is 3. The van der Waals surface area contributed by atoms with Crippen molar-refractivity contribution < 1.29 is 14.2 Å². The molecule has 0 spiro atoms. The number of aliphatic hydroxyl groups is 1. The summed E-state index contributed by atoms with van der Waals surface area (Å²) in [5.74, 6) is 1.05. The molecule has 31 heavy (non-hydrogen) atoms. The number of fused-ring (bicyclic) bond motifs is 1. The number of aliphatic hydroxyl groups excluding tert-OH is 1. The summed E-state index contributed by atoms with van der Waals surface area (Å²) >= 11 is 1.48. The first-order valence-corrected chi connectivity index (χ1v) is 10.7. The number of likely N-dealkylation sites (tertiary alicyclic amines) is 1. The Morgan fingerprint density at radius 1 is 1.16 bits per heavy atom. The third-order valence-corrected chi connectivity index (χ3v) is 6.70. The number of β-amino-alcohol motifs (C(OH)–C–C–N with tert-alkyl or cyclic N) is 1. The van der Waals surface area contributed by atoms with E-state index in [2.05, 4.69) is 9.47 Å². The van der Waals surface area contributed by atoms with Gasteiger partial charge in [-0.05, 0) is 67.7 Å². The SMILES string of the molecule is COc1ccc2c(c1)sc(=N)n2CC1CCN(C[C@H](O)c2ccc(F)cc2)CC1.Cl.Cl. The number of methoxy groups -OCH3 is 1. The molecule has 0 radical (unpaired) electrons. The van der Waals surface area contributed by atoms with E-state index in [-0.39, 0.29) is 30.6 Å². The Bertz CT molecular complexity index is 1030. The summed E-state index contributed by atoms with van der Waals surface area (Å²) in [5.41, 5.74) is 1.85. The minimum absolute atomic E-state index is 0. The maximum atomic E-state index is 13.1. The molecule has 2 N–H and O–H groups in total. The predicted molar refractivity (Wildman–Crippen MR) is 127 cm³/mol. The third kappa shape index (κ3) is 5.99. The van der Waals surface area contributed by atoms with E-state index in [1.807, 2.05) is 18.2 Å². The first kappa shape index (κ1) is 25.6. The zero-order valence-corrected chi connectivity index (χ0v) is 19.7. The maximum Gasteiger partial charge on any atom is 0.182 e. The number of piperidine rings is 1. The lowest BCUT2D eigenvalue weighted by atomic mass is 9.96. The minimum Gasteiger partial charge on any atom is -0.497 e. The van der Waals surface area contributed by atoms with Crippen molar-refractivity contribution in [3.05, 3.63) is 58.6 Å². The maximum absolute atomic E-state index is 13.1. The summed E-state index contributed by atoms with van der Waals surface area (Å²) in [4.78, 5) is 2.84. The monoisotopic (exact) mass is 487 g/mol. The quantitative estimate of drug-likeness (QED) is 0.533. The fourth-order valence-electron chi connectivity index (χ4n) is 4.02. The van der Waals surface area contributed by atoms with E-state index in [1.165, 1.54) is 23.5 Å². The molecule has 1 aliphatic rings. The molecular formula is C22H28Cl2FN3O2S. The fraction of sp³-hybridized carbons (Fsp3) is 0.409. The fourth-order valence-corrected chi connectivity index (χ4v) is 4.97. The minimum atomic E-state index is -0.600. The highest BCUT2D eigenvalue weighted by atomic mass is 35.5. The highest BCUT2D eigenvalue weighted by molar-refractivity contribution is 7.16. The molecule has 170 valence electrons. The van der Waals surface area contributed by atoms with Crippen LogP contribution in [0.5, 0.6) is 5.75 Å². The Hall–Kier alpha value is -1.64. The Morgan fingerprint density at radius 3 is 2.48 bits per heavy atom. The molecule has 0 amide bonds. The van der Waals surface area contributed by atoms with Gasteiger partial charge in [-0.1, -0.05) is 23.5 Å². The highest BCUT2D eigenvalue weighted by Crippen LogP contribution is 2.26. The molecule has 0 aliphatic carbocycles. The molecular weight excluding hydrogens is 460 g/mol. The normalized spacial score (nSPS) is 15.8. The largest absolute Gasteiger partial charge is 0.497 e. The number of aromatic nitrogens is 1. The lowest BCUT2D eigenvalue weighted by Gasteiger charge is -2.33. The number of hydrogen-bond donors (Lipinski definition) is 2. The van der Waals surface area contributed by atoms with Gasteiger partial charge in [0.05, 0.1) is 23.4 Å². The van der Waals surface area contributed by atoms with E-state index in [4.69, 9.17) is 10.1 Å². The van der Waals surface area contributed by atoms with Gasteiger partial charge in [0.25, 0.3) is 0 Å². The Labute approximate surface area is 197 Å². The molecule has 2 heterocycles. The van der Waals surface area contributed by atoms with Crippen LogP contribution in [-0.4, -0.2) is 41.3 Å². The molecule has 4 rings (SSSR count). The smallest absolute Gasteiger partial charge is 0.182 e. The van der Waals surface area contributed by atoms with Gasteiger partial charge in [0, 0.05) is 13.1 Å². The van der Waals surface area contributed by atoms with Gasteiger partial charge in [-0.15, -0.1) is 24.8 Å². The Balaban J connectivity index is 0.00000171. The van der Waals surface area contributed by atoms with Crippen LogP contribution in [0.3, 0.4) is 0 Å². The first-order valence-electron chi connectivity index (χ1n) is 9.91. The molecule has 1 fully saturated rings. The van der Waals surface area contributed by atoms with Crippen LogP contribution >= 0.6 is 36.2 Å². The van der Waals surface area contributed by atoms with E-state index in [0.717, 1.165) is 54.0 Å². The number of hydrogen-bond acceptors (Lipinski definition) is 5. The van der Waals surface area contributed by atoms with Gasteiger partial charge in [0.15, 0.2) is 4.80 Å². The van der Waals surface area contributed by atoms with Crippen molar-refractivity contribution >= 4 is 46.4 Å². The average molecular weight is 488 g/mol. The second-order valence-electron chi connectivity index (χ2n) is 7.66. The van der Waals surface area contributed by atoms with Crippen LogP contribution in [0, 0.1) is 17.1 Å². The van der Waals surface area contributed by atoms with Crippen LogP contribution < -0.4 is 9.54 Å². The van der Waals surface area contributed by atoms with Gasteiger partial charge in [0.2, 0.25) is 0 Å². The summed E-state index contributed by atoms with van der Waals surface area (Å²) in [6.45, 7) is 3.26. The highest BCUT2D eigenvalue weighted by Gasteiger charge is 2.23. The number of rotatable bonds is 6. The molecule has 3 aromatic rings. The van der Waals surface area contributed by atoms with Crippen molar-refractivity contribution in [2.45, 2.75) is 25.5 Å². The summed E-state index contributed by atoms with van der Waals surface area (Å²) < 4.78 is 21.5. The topological polar surface area (TPSA) is 61.5 Å². The van der Waals surface area contributed by atoms with Gasteiger partial charge >= 0.3 is 0 Å². The molecule has 2 aromatic carbocycles. The van der Waals surface area contributed by atoms with E-state index < -0.39 is 6.10 Å². The standard InChI is InChI=1S/C22H26FN3O2S.2ClH/c1-28-18-6-7-19-21(12-18)29-22(24)26(19)13-15-8-10-25(11-9-15)14-20(27)16-2-4-17(23)5-3-16;;/h2-7,12,15,20,24,27H,8-11,13-14H2,1H3;2*1H/t20-;;/m0../s1. The van der Waals surface area contributed by atoms with Crippen molar-refractivity contribution in [2.75, 3.05) is 26.7 Å². The number of ether oxygens (including phenoxy) is 1. The summed E-state index contributed by atoms with van der Waals surface area (Å²) in [7, 11) is 1.66. The van der Waals surface area contributed by atoms with Crippen molar-refractivity contribution in [3.63, 3.8) is 0 Å². The number of benzene rings is 2. The number of thiazole rings is 1. The Morgan fingerprint density at radius 2 is 1.84 bits per heavy atom. The lowest BCUT2D eigenvalue weighted by Crippen LogP contribution is -2.38. The van der Waals surface area contributed by atoms with Crippen LogP contribution in [0.25, 0.3) is 10.2 Å². The first-order chi connectivity index (χ1) is 14.0. The summed E-state index contributed by atoms with van der Waals surface area (Å²) in [6.07, 6.45) is 1.48. The number of nitrogens with zero attached hydrogens (tertiary/aromatic N) is 2. The van der Waals surface area contributed by atoms with Gasteiger partial charge in [-0.3, -0.25) is 5.41 Å². The van der Waals surface area contributed by atoms with Crippen LogP contribution in [0.4, 0.5) is 4.39 Å². The zero-order chi connectivity index (χ0) is 20.4. The third-order valence-electron chi connectivity index (χ3n) is 5.74. The van der Waals surface area contributed by atoms with E-state index in [1.54, 1.807) is 19.2 Å². The molecule has 1 aliphatic heterocycles. The second-order valence-corrected chi connectivity index (χ2v) is 8.69. The predicted octanol–water partition coefficient (Wildman–Crippen LogP) is 4.62. The Kier molecular flexibility index (Phi) is 9.33. The van der Waals surface area contributed by atoms with E-state index >= 15 is 0 Å². The molecule has 0 bridgehead atoms. The van der Waals surface area contributed by atoms with Crippen LogP contribution in [0.2, 0.25) is 0 Å². The molecule has 0 saturated carbocycles. The second kappa shape index (κ2) is 11.3. The molecule has 5 nitrogen and oxygen atoms in total. The van der Waals surface area contributed by atoms with Crippen LogP contribution in [-0.2, 0) is 6.54 Å². The molecule has 0 unspecified atom stereocenters. The molecule has 1 atom stereocenters. The van der Waals surface area contributed by atoms with Gasteiger partial charge in [-0.25, -0.2) is 4.39 Å². The zero-order valence-electron chi connectivity index (χ0n) is 17.3. The van der Waals surface area contributed by atoms with Crippen LogP contribution in [0.1, 0.15) is 24.5 Å². The van der Waals surface area contributed by atoms with Crippen molar-refractivity contribution in [3.8, 4) is 5.75 Å². The van der Waals surface area contributed by atoms with Crippen molar-refractivity contribution in [1.29, 1.82) is 5.41 Å². The molecule has 9 heteroatoms. The van der Waals surface area contributed by atoms with Crippen molar-refractivity contribution in [1.82, 2.24) is 9.47 Å². The molecule has 1 aromatic heterocycles. The van der Waals surface area contributed by atoms with Gasteiger partial charge in [0.1, 0.15) is 11.6 Å².